The fourth-order valence-corrected chi connectivity index (χ4v) is 3.64. The Morgan fingerprint density at radius 1 is 1.06 bits per heavy atom. The summed E-state index contributed by atoms with van der Waals surface area (Å²) >= 11 is 0. The van der Waals surface area contributed by atoms with E-state index in [2.05, 4.69) is 16.0 Å². The molecule has 0 aromatic rings. The van der Waals surface area contributed by atoms with Gasteiger partial charge in [0.25, 0.3) is 0 Å². The topological polar surface area (TPSA) is 214 Å². The number of aliphatic carboxylic acids is 1. The summed E-state index contributed by atoms with van der Waals surface area (Å²) < 4.78 is 0. The molecule has 13 heteroatoms. The van der Waals surface area contributed by atoms with Crippen molar-refractivity contribution in [2.75, 3.05) is 13.1 Å². The first kappa shape index (κ1) is 28.8. The Kier molecular flexibility index (Phi) is 11.4. The van der Waals surface area contributed by atoms with Crippen LogP contribution in [0.25, 0.3) is 0 Å². The lowest BCUT2D eigenvalue weighted by atomic mass is 10.0. The molecule has 5 amide bonds. The monoisotopic (exact) mass is 484 g/mol. The van der Waals surface area contributed by atoms with Gasteiger partial charge < -0.3 is 37.4 Å². The van der Waals surface area contributed by atoms with Crippen molar-refractivity contribution in [3.8, 4) is 0 Å². The molecule has 1 rings (SSSR count). The molecule has 0 spiro atoms. The van der Waals surface area contributed by atoms with E-state index in [-0.39, 0.29) is 24.7 Å². The van der Waals surface area contributed by atoms with Gasteiger partial charge in [-0.3, -0.25) is 28.8 Å². The van der Waals surface area contributed by atoms with Gasteiger partial charge in [0.2, 0.25) is 29.5 Å². The van der Waals surface area contributed by atoms with E-state index in [0.29, 0.717) is 25.8 Å². The van der Waals surface area contributed by atoms with Crippen molar-refractivity contribution in [3.05, 3.63) is 0 Å². The molecule has 0 saturated carbocycles. The van der Waals surface area contributed by atoms with E-state index in [4.69, 9.17) is 16.6 Å². The van der Waals surface area contributed by atoms with Crippen LogP contribution in [-0.2, 0) is 28.8 Å². The number of likely N-dealkylation sites (tertiary alicyclic amines) is 1. The highest BCUT2D eigenvalue weighted by Crippen LogP contribution is 2.20. The highest BCUT2D eigenvalue weighted by atomic mass is 16.4. The molecule has 1 fully saturated rings. The normalized spacial score (nSPS) is 18.0. The Hall–Kier alpha value is -3.22. The molecule has 0 aromatic carbocycles. The van der Waals surface area contributed by atoms with Crippen molar-refractivity contribution in [1.29, 1.82) is 0 Å². The van der Waals surface area contributed by atoms with Crippen molar-refractivity contribution >= 4 is 35.5 Å². The zero-order chi connectivity index (χ0) is 26.0. The number of hydrogen-bond acceptors (Lipinski definition) is 7. The van der Waals surface area contributed by atoms with Gasteiger partial charge in [0.05, 0.1) is 6.04 Å². The third kappa shape index (κ3) is 9.33. The smallest absolute Gasteiger partial charge is 0.322 e. The van der Waals surface area contributed by atoms with Crippen LogP contribution in [0.5, 0.6) is 0 Å². The number of carboxylic acids is 1. The summed E-state index contributed by atoms with van der Waals surface area (Å²) in [7, 11) is 0. The SMILES string of the molecule is CC(C)C[C@H](N)C(=O)N1CCC[C@H]1C(=O)N[C@@H](CCC(N)=O)C(=O)N[C@@H](C)C(=O)NCC(=O)O. The first-order valence-electron chi connectivity index (χ1n) is 11.3. The fraction of sp³-hybridized carbons (Fsp3) is 0.714. The number of nitrogens with two attached hydrogens (primary N) is 2. The van der Waals surface area contributed by atoms with Gasteiger partial charge in [0.15, 0.2) is 0 Å². The molecule has 1 aliphatic rings. The van der Waals surface area contributed by atoms with Gasteiger partial charge in [-0.2, -0.15) is 0 Å². The van der Waals surface area contributed by atoms with Crippen molar-refractivity contribution in [2.45, 2.75) is 77.0 Å². The summed E-state index contributed by atoms with van der Waals surface area (Å²) in [4.78, 5) is 73.7. The minimum atomic E-state index is -1.25. The van der Waals surface area contributed by atoms with E-state index in [1.807, 2.05) is 13.8 Å². The van der Waals surface area contributed by atoms with E-state index < -0.39 is 60.3 Å². The standard InChI is InChI=1S/C21H36N6O7/c1-11(2)9-13(22)21(34)27-8-4-5-15(27)20(33)26-14(6-7-16(23)28)19(32)25-12(3)18(31)24-10-17(29)30/h11-15H,4-10,22H2,1-3H3,(H2,23,28)(H,24,31)(H,25,32)(H,26,33)(H,29,30)/t12-,13-,14-,15-/m0/s1. The van der Waals surface area contributed by atoms with Gasteiger partial charge in [0, 0.05) is 13.0 Å². The molecule has 0 unspecified atom stereocenters. The summed E-state index contributed by atoms with van der Waals surface area (Å²) in [5, 5.41) is 15.7. The maximum atomic E-state index is 13.0. The molecule has 192 valence electrons. The largest absolute Gasteiger partial charge is 0.480 e. The molecule has 1 heterocycles. The number of nitrogens with one attached hydrogen (secondary N) is 3. The van der Waals surface area contributed by atoms with Crippen molar-refractivity contribution in [3.63, 3.8) is 0 Å². The molecule has 0 aliphatic carbocycles. The maximum absolute atomic E-state index is 13.0. The van der Waals surface area contributed by atoms with E-state index in [1.54, 1.807) is 0 Å². The number of carbonyl (C=O) groups excluding carboxylic acids is 5. The molecule has 34 heavy (non-hydrogen) atoms. The lowest BCUT2D eigenvalue weighted by Crippen LogP contribution is -2.57. The Morgan fingerprint density at radius 3 is 2.26 bits per heavy atom. The van der Waals surface area contributed by atoms with Crippen LogP contribution >= 0.6 is 0 Å². The minimum Gasteiger partial charge on any atom is -0.480 e. The van der Waals surface area contributed by atoms with Gasteiger partial charge >= 0.3 is 5.97 Å². The Morgan fingerprint density at radius 2 is 1.71 bits per heavy atom. The highest BCUT2D eigenvalue weighted by molar-refractivity contribution is 5.95. The number of hydrogen-bond donors (Lipinski definition) is 6. The molecule has 0 radical (unpaired) electrons. The Labute approximate surface area is 198 Å². The molecule has 0 bridgehead atoms. The predicted octanol–water partition coefficient (Wildman–Crippen LogP) is -2.19. The molecular formula is C21H36N6O7. The number of primary amides is 1. The van der Waals surface area contributed by atoms with Crippen LogP contribution in [0.3, 0.4) is 0 Å². The molecule has 1 aliphatic heterocycles. The molecule has 8 N–H and O–H groups in total. The van der Waals surface area contributed by atoms with Crippen molar-refractivity contribution in [1.82, 2.24) is 20.9 Å². The fourth-order valence-electron chi connectivity index (χ4n) is 3.64. The van der Waals surface area contributed by atoms with Crippen LogP contribution in [-0.4, -0.2) is 82.8 Å². The Bertz CT molecular complexity index is 788. The summed E-state index contributed by atoms with van der Waals surface area (Å²) in [6.07, 6.45) is 1.13. The second kappa shape index (κ2) is 13.5. The van der Waals surface area contributed by atoms with E-state index >= 15 is 0 Å². The third-order valence-electron chi connectivity index (χ3n) is 5.36. The van der Waals surface area contributed by atoms with E-state index in [0.717, 1.165) is 0 Å². The average Bonchev–Trinajstić information content (AvgIpc) is 3.23. The lowest BCUT2D eigenvalue weighted by Gasteiger charge is -2.29. The van der Waals surface area contributed by atoms with E-state index in [1.165, 1.54) is 11.8 Å². The van der Waals surface area contributed by atoms with Crippen LogP contribution in [0.4, 0.5) is 0 Å². The Balaban J connectivity index is 2.86. The lowest BCUT2D eigenvalue weighted by molar-refractivity contribution is -0.140. The molecular weight excluding hydrogens is 448 g/mol. The number of rotatable bonds is 13. The number of nitrogens with zero attached hydrogens (tertiary/aromatic N) is 1. The van der Waals surface area contributed by atoms with Crippen LogP contribution in [0.2, 0.25) is 0 Å². The van der Waals surface area contributed by atoms with Gasteiger partial charge in [-0.05, 0) is 38.5 Å². The predicted molar refractivity (Wildman–Crippen MR) is 121 cm³/mol. The minimum absolute atomic E-state index is 0.121. The van der Waals surface area contributed by atoms with Gasteiger partial charge in [0.1, 0.15) is 24.7 Å². The van der Waals surface area contributed by atoms with Crippen molar-refractivity contribution < 1.29 is 33.9 Å². The molecule has 13 nitrogen and oxygen atoms in total. The number of carbonyl (C=O) groups is 6. The summed E-state index contributed by atoms with van der Waals surface area (Å²) in [6, 6.07) is -3.85. The second-order valence-electron chi connectivity index (χ2n) is 8.83. The summed E-state index contributed by atoms with van der Waals surface area (Å²) in [6.45, 7) is 4.96. The van der Waals surface area contributed by atoms with Gasteiger partial charge in [-0.25, -0.2) is 0 Å². The van der Waals surface area contributed by atoms with Gasteiger partial charge in [-0.1, -0.05) is 13.8 Å². The van der Waals surface area contributed by atoms with Crippen molar-refractivity contribution in [2.24, 2.45) is 17.4 Å². The zero-order valence-corrected chi connectivity index (χ0v) is 19.8. The number of amides is 5. The zero-order valence-electron chi connectivity index (χ0n) is 19.8. The number of carboxylic acid groups (broad SMARTS) is 1. The maximum Gasteiger partial charge on any atom is 0.322 e. The summed E-state index contributed by atoms with van der Waals surface area (Å²) in [5.74, 6) is -4.13. The molecule has 1 saturated heterocycles. The first-order chi connectivity index (χ1) is 15.8. The highest BCUT2D eigenvalue weighted by Gasteiger charge is 2.37. The van der Waals surface area contributed by atoms with Gasteiger partial charge in [-0.15, -0.1) is 0 Å². The molecule has 4 atom stereocenters. The average molecular weight is 485 g/mol. The summed E-state index contributed by atoms with van der Waals surface area (Å²) in [5.41, 5.74) is 11.2. The van der Waals surface area contributed by atoms with E-state index in [9.17, 15) is 28.8 Å². The first-order valence-corrected chi connectivity index (χ1v) is 11.3. The van der Waals surface area contributed by atoms with Crippen LogP contribution in [0.1, 0.15) is 52.9 Å². The van der Waals surface area contributed by atoms with Crippen LogP contribution in [0, 0.1) is 5.92 Å². The second-order valence-corrected chi connectivity index (χ2v) is 8.83. The molecule has 0 aromatic heterocycles. The van der Waals surface area contributed by atoms with Crippen LogP contribution < -0.4 is 27.4 Å². The van der Waals surface area contributed by atoms with Crippen LogP contribution in [0.15, 0.2) is 0 Å². The third-order valence-corrected chi connectivity index (χ3v) is 5.36. The quantitative estimate of drug-likeness (QED) is 0.168.